The lowest BCUT2D eigenvalue weighted by molar-refractivity contribution is -0.143. The van der Waals surface area contributed by atoms with Crippen molar-refractivity contribution < 1.29 is 32.9 Å². The highest BCUT2D eigenvalue weighted by atomic mass is 19.1. The summed E-state index contributed by atoms with van der Waals surface area (Å²) in [6.07, 6.45) is 3.45. The van der Waals surface area contributed by atoms with Crippen LogP contribution in [0.25, 0.3) is 11.1 Å². The quantitative estimate of drug-likeness (QED) is 0.120. The second kappa shape index (κ2) is 15.5. The van der Waals surface area contributed by atoms with Gasteiger partial charge in [0.05, 0.1) is 39.5 Å². The molecule has 3 aromatic carbocycles. The van der Waals surface area contributed by atoms with Crippen LogP contribution in [0.1, 0.15) is 82.1 Å². The third-order valence-electron chi connectivity index (χ3n) is 7.99. The molecule has 6 nitrogen and oxygen atoms in total. The first kappa shape index (κ1) is 33.5. The van der Waals surface area contributed by atoms with Gasteiger partial charge in [-0.25, -0.2) is 4.39 Å². The molecule has 1 saturated carbocycles. The number of ether oxygens (including phenoxy) is 5. The summed E-state index contributed by atoms with van der Waals surface area (Å²) in [7, 11) is 3.22. The molecular weight excluding hydrogens is 559 g/mol. The summed E-state index contributed by atoms with van der Waals surface area (Å²) < 4.78 is 43.9. The van der Waals surface area contributed by atoms with E-state index in [1.54, 1.807) is 26.4 Å². The van der Waals surface area contributed by atoms with Crippen LogP contribution in [-0.4, -0.2) is 40.0 Å². The van der Waals surface area contributed by atoms with E-state index in [9.17, 15) is 4.79 Å². The summed E-state index contributed by atoms with van der Waals surface area (Å²) in [5.41, 5.74) is 3.80. The Balaban J connectivity index is 1.63. The fraction of sp³-hybridized carbons (Fsp3) is 0.486. The number of carbonyl (C=O) groups excluding carboxylic acids is 1. The predicted octanol–water partition coefficient (Wildman–Crippen LogP) is 8.67. The third kappa shape index (κ3) is 9.29. The van der Waals surface area contributed by atoms with Crippen LogP contribution in [0.5, 0.6) is 11.5 Å². The molecule has 238 valence electrons. The van der Waals surface area contributed by atoms with Gasteiger partial charge in [0.1, 0.15) is 23.9 Å². The lowest BCUT2D eigenvalue weighted by atomic mass is 9.81. The molecule has 0 aromatic heterocycles. The van der Waals surface area contributed by atoms with Crippen molar-refractivity contribution in [2.45, 2.75) is 72.0 Å². The van der Waals surface area contributed by atoms with Crippen molar-refractivity contribution in [1.29, 1.82) is 0 Å². The van der Waals surface area contributed by atoms with Gasteiger partial charge in [-0.3, -0.25) is 4.79 Å². The van der Waals surface area contributed by atoms with Crippen LogP contribution in [0, 0.1) is 17.2 Å². The van der Waals surface area contributed by atoms with Gasteiger partial charge in [-0.05, 0) is 89.2 Å². The van der Waals surface area contributed by atoms with Crippen molar-refractivity contribution in [3.63, 3.8) is 0 Å². The van der Waals surface area contributed by atoms with Crippen LogP contribution in [0.3, 0.4) is 0 Å². The number of benzene rings is 3. The molecule has 0 unspecified atom stereocenters. The minimum absolute atomic E-state index is 0.102. The number of hydrogen-bond donors (Lipinski definition) is 0. The predicted molar refractivity (Wildman–Crippen MR) is 171 cm³/mol. The van der Waals surface area contributed by atoms with Crippen LogP contribution in [0.15, 0.2) is 60.7 Å². The molecule has 3 aromatic rings. The fourth-order valence-electron chi connectivity index (χ4n) is 5.60. The highest BCUT2D eigenvalue weighted by molar-refractivity contribution is 5.71. The van der Waals surface area contributed by atoms with Crippen LogP contribution >= 0.6 is 0 Å². The number of halogens is 1. The zero-order valence-electron chi connectivity index (χ0n) is 27.0. The molecule has 2 atom stereocenters. The standard InChI is InChI=1S/C37H47FO6/c1-7-42-35(39)22-28(19-25-11-12-25)27-9-8-10-30(21-27)44-24-26-13-15-31(32-23-29(41-6)14-16-34(32)38)33(20-26)36(37(2,3)4)43-18-17-40-5/h8-10,13-16,20-21,23,25,28,36H,7,11-12,17-19,22,24H2,1-6H3/t28-,36+/m1/s1. The van der Waals surface area contributed by atoms with Gasteiger partial charge in [-0.15, -0.1) is 0 Å². The summed E-state index contributed by atoms with van der Waals surface area (Å²) in [6.45, 7) is 9.72. The van der Waals surface area contributed by atoms with E-state index in [0.717, 1.165) is 34.4 Å². The lowest BCUT2D eigenvalue weighted by Crippen LogP contribution is -2.24. The molecule has 0 radical (unpaired) electrons. The minimum atomic E-state index is -0.340. The van der Waals surface area contributed by atoms with Gasteiger partial charge in [0.2, 0.25) is 0 Å². The van der Waals surface area contributed by atoms with E-state index in [1.807, 2.05) is 37.3 Å². The van der Waals surface area contributed by atoms with E-state index in [4.69, 9.17) is 23.7 Å². The molecule has 0 bridgehead atoms. The molecule has 4 rings (SSSR count). The van der Waals surface area contributed by atoms with Crippen LogP contribution in [0.4, 0.5) is 4.39 Å². The molecular formula is C37H47FO6. The van der Waals surface area contributed by atoms with Crippen molar-refractivity contribution >= 4 is 5.97 Å². The van der Waals surface area contributed by atoms with Crippen molar-refractivity contribution in [2.75, 3.05) is 34.0 Å². The molecule has 44 heavy (non-hydrogen) atoms. The van der Waals surface area contributed by atoms with Crippen LogP contribution in [0.2, 0.25) is 0 Å². The monoisotopic (exact) mass is 606 g/mol. The van der Waals surface area contributed by atoms with Gasteiger partial charge in [0.15, 0.2) is 0 Å². The van der Waals surface area contributed by atoms with E-state index in [2.05, 4.69) is 32.9 Å². The Morgan fingerprint density at radius 2 is 1.75 bits per heavy atom. The van der Waals surface area contributed by atoms with Gasteiger partial charge >= 0.3 is 5.97 Å². The van der Waals surface area contributed by atoms with Crippen molar-refractivity contribution in [3.05, 3.63) is 83.2 Å². The Morgan fingerprint density at radius 1 is 0.955 bits per heavy atom. The largest absolute Gasteiger partial charge is 0.497 e. The van der Waals surface area contributed by atoms with Gasteiger partial charge in [-0.1, -0.05) is 57.9 Å². The summed E-state index contributed by atoms with van der Waals surface area (Å²) in [6, 6.07) is 18.8. The molecule has 1 aliphatic carbocycles. The summed E-state index contributed by atoms with van der Waals surface area (Å²) in [4.78, 5) is 12.4. The smallest absolute Gasteiger partial charge is 0.306 e. The van der Waals surface area contributed by atoms with Gasteiger partial charge in [-0.2, -0.15) is 0 Å². The maximum Gasteiger partial charge on any atom is 0.306 e. The summed E-state index contributed by atoms with van der Waals surface area (Å²) in [5.74, 6) is 1.60. The van der Waals surface area contributed by atoms with E-state index in [0.29, 0.717) is 50.1 Å². The molecule has 0 saturated heterocycles. The molecule has 7 heteroatoms. The zero-order valence-corrected chi connectivity index (χ0v) is 27.0. The first-order chi connectivity index (χ1) is 21.1. The second-order valence-electron chi connectivity index (χ2n) is 12.6. The number of rotatable bonds is 16. The Morgan fingerprint density at radius 3 is 2.43 bits per heavy atom. The number of carbonyl (C=O) groups is 1. The Labute approximate surface area is 261 Å². The van der Waals surface area contributed by atoms with Gasteiger partial charge in [0, 0.05) is 12.7 Å². The van der Waals surface area contributed by atoms with E-state index in [-0.39, 0.29) is 29.2 Å². The molecule has 0 amide bonds. The van der Waals surface area contributed by atoms with Gasteiger partial charge < -0.3 is 23.7 Å². The van der Waals surface area contributed by atoms with E-state index >= 15 is 4.39 Å². The second-order valence-corrected chi connectivity index (χ2v) is 12.6. The molecule has 0 spiro atoms. The lowest BCUT2D eigenvalue weighted by Gasteiger charge is -2.33. The third-order valence-corrected chi connectivity index (χ3v) is 7.99. The molecule has 0 heterocycles. The van der Waals surface area contributed by atoms with E-state index in [1.165, 1.54) is 18.9 Å². The Hall–Kier alpha value is -3.42. The zero-order chi connectivity index (χ0) is 31.7. The first-order valence-electron chi connectivity index (χ1n) is 15.6. The number of methoxy groups -OCH3 is 2. The van der Waals surface area contributed by atoms with Crippen LogP contribution in [-0.2, 0) is 25.6 Å². The Bertz CT molecular complexity index is 1380. The Kier molecular flexibility index (Phi) is 11.8. The topological polar surface area (TPSA) is 63.2 Å². The molecule has 1 fully saturated rings. The van der Waals surface area contributed by atoms with Crippen LogP contribution < -0.4 is 9.47 Å². The average Bonchev–Trinajstić information content (AvgIpc) is 3.82. The fourth-order valence-corrected chi connectivity index (χ4v) is 5.60. The average molecular weight is 607 g/mol. The van der Waals surface area contributed by atoms with Gasteiger partial charge in [0.25, 0.3) is 0 Å². The molecule has 1 aliphatic rings. The molecule has 0 N–H and O–H groups in total. The normalized spacial score (nSPS) is 14.6. The maximum absolute atomic E-state index is 15.2. The minimum Gasteiger partial charge on any atom is -0.497 e. The summed E-state index contributed by atoms with van der Waals surface area (Å²) in [5, 5.41) is 0. The first-order valence-corrected chi connectivity index (χ1v) is 15.6. The maximum atomic E-state index is 15.2. The number of hydrogen-bond acceptors (Lipinski definition) is 6. The molecule has 0 aliphatic heterocycles. The van der Waals surface area contributed by atoms with Crippen molar-refractivity contribution in [1.82, 2.24) is 0 Å². The SMILES string of the molecule is CCOC(=O)C[C@@H](CC1CC1)c1cccc(OCc2ccc(-c3cc(OC)ccc3F)c([C@H](OCCOC)C(C)(C)C)c2)c1. The summed E-state index contributed by atoms with van der Waals surface area (Å²) >= 11 is 0. The van der Waals surface area contributed by atoms with Crippen molar-refractivity contribution in [2.24, 2.45) is 11.3 Å². The highest BCUT2D eigenvalue weighted by Gasteiger charge is 2.31. The highest BCUT2D eigenvalue weighted by Crippen LogP contribution is 2.43. The number of esters is 1. The van der Waals surface area contributed by atoms with E-state index < -0.39 is 0 Å². The van der Waals surface area contributed by atoms with Crippen molar-refractivity contribution in [3.8, 4) is 22.6 Å².